The van der Waals surface area contributed by atoms with Crippen LogP contribution in [0.2, 0.25) is 0 Å². The molecular weight excluding hydrogens is 490 g/mol. The average molecular weight is 507 g/mol. The molecule has 32 heavy (non-hydrogen) atoms. The van der Waals surface area contributed by atoms with Gasteiger partial charge in [-0.2, -0.15) is 15.2 Å². The van der Waals surface area contributed by atoms with E-state index in [1.807, 2.05) is 0 Å². The molecule has 0 aliphatic heterocycles. The van der Waals surface area contributed by atoms with Crippen molar-refractivity contribution in [1.29, 1.82) is 0 Å². The van der Waals surface area contributed by atoms with Crippen LogP contribution in [0.1, 0.15) is 35.8 Å². The van der Waals surface area contributed by atoms with Crippen LogP contribution in [0.25, 0.3) is 17.0 Å². The maximum atomic E-state index is 14.4. The third kappa shape index (κ3) is 3.81. The Morgan fingerprint density at radius 2 is 2.06 bits per heavy atom. The number of carbonyl (C=O) groups is 1. The first-order chi connectivity index (χ1) is 15.3. The largest absolute Gasteiger partial charge is 0.479 e. The number of aromatic nitrogens is 6. The summed E-state index contributed by atoms with van der Waals surface area (Å²) in [5.74, 6) is -1.40. The summed E-state index contributed by atoms with van der Waals surface area (Å²) in [6.07, 6.45) is 2.77. The van der Waals surface area contributed by atoms with Crippen LogP contribution in [0.3, 0.4) is 0 Å². The molecule has 0 fully saturated rings. The highest BCUT2D eigenvalue weighted by Crippen LogP contribution is 2.33. The highest BCUT2D eigenvalue weighted by atomic mass is 79.9. The first-order valence-electron chi connectivity index (χ1n) is 9.50. The van der Waals surface area contributed by atoms with Crippen LogP contribution < -0.4 is 4.74 Å². The number of methoxy groups -OCH3 is 1. The SMILES string of the molecule is CCOC(=O)c1cnn(-c2nc(OC)c3c(n2)c(Br)nn3[C@@H](C)c2cc(F)ccc2F)c1. The van der Waals surface area contributed by atoms with E-state index in [2.05, 4.69) is 36.1 Å². The molecule has 0 unspecified atom stereocenters. The van der Waals surface area contributed by atoms with Crippen LogP contribution in [-0.2, 0) is 4.74 Å². The van der Waals surface area contributed by atoms with E-state index in [1.54, 1.807) is 13.8 Å². The Morgan fingerprint density at radius 3 is 2.78 bits per heavy atom. The zero-order valence-corrected chi connectivity index (χ0v) is 18.8. The van der Waals surface area contributed by atoms with Gasteiger partial charge in [0.05, 0.1) is 31.5 Å². The predicted octanol–water partition coefficient (Wildman–Crippen LogP) is 3.85. The summed E-state index contributed by atoms with van der Waals surface area (Å²) in [6, 6.07) is 2.53. The van der Waals surface area contributed by atoms with Crippen LogP contribution in [0.5, 0.6) is 5.88 Å². The topological polar surface area (TPSA) is 96.9 Å². The third-order valence-electron chi connectivity index (χ3n) is 4.73. The molecule has 9 nitrogen and oxygen atoms in total. The molecule has 1 atom stereocenters. The molecule has 0 saturated carbocycles. The molecule has 0 aliphatic carbocycles. The minimum atomic E-state index is -0.692. The van der Waals surface area contributed by atoms with E-state index in [0.29, 0.717) is 15.6 Å². The van der Waals surface area contributed by atoms with Gasteiger partial charge in [-0.3, -0.25) is 0 Å². The number of carbonyl (C=O) groups excluding carboxylic acids is 1. The molecule has 4 rings (SSSR count). The molecule has 4 aromatic rings. The van der Waals surface area contributed by atoms with Crippen molar-refractivity contribution < 1.29 is 23.0 Å². The van der Waals surface area contributed by atoms with E-state index in [4.69, 9.17) is 9.47 Å². The molecule has 0 bridgehead atoms. The lowest BCUT2D eigenvalue weighted by molar-refractivity contribution is 0.0526. The fraction of sp³-hybridized carbons (Fsp3) is 0.250. The Balaban J connectivity index is 1.83. The summed E-state index contributed by atoms with van der Waals surface area (Å²) in [7, 11) is 1.41. The molecule has 3 aromatic heterocycles. The molecule has 0 amide bonds. The molecule has 0 saturated heterocycles. The Morgan fingerprint density at radius 1 is 1.28 bits per heavy atom. The van der Waals surface area contributed by atoms with Gasteiger partial charge in [-0.25, -0.2) is 27.9 Å². The zero-order chi connectivity index (χ0) is 23.0. The predicted molar refractivity (Wildman–Crippen MR) is 113 cm³/mol. The van der Waals surface area contributed by atoms with Gasteiger partial charge in [-0.15, -0.1) is 0 Å². The minimum absolute atomic E-state index is 0.110. The number of hydrogen-bond donors (Lipinski definition) is 0. The Hall–Kier alpha value is -3.41. The lowest BCUT2D eigenvalue weighted by atomic mass is 10.1. The molecule has 1 aromatic carbocycles. The maximum Gasteiger partial charge on any atom is 0.341 e. The quantitative estimate of drug-likeness (QED) is 0.366. The van der Waals surface area contributed by atoms with Crippen molar-refractivity contribution in [3.63, 3.8) is 0 Å². The number of benzene rings is 1. The van der Waals surface area contributed by atoms with Crippen molar-refractivity contribution in [3.8, 4) is 11.8 Å². The highest BCUT2D eigenvalue weighted by Gasteiger charge is 2.24. The van der Waals surface area contributed by atoms with Crippen molar-refractivity contribution in [2.75, 3.05) is 13.7 Å². The fourth-order valence-electron chi connectivity index (χ4n) is 3.21. The van der Waals surface area contributed by atoms with Gasteiger partial charge in [0.1, 0.15) is 17.2 Å². The van der Waals surface area contributed by atoms with Crippen LogP contribution in [-0.4, -0.2) is 49.2 Å². The number of ether oxygens (including phenoxy) is 2. The molecule has 12 heteroatoms. The second-order valence-corrected chi connectivity index (χ2v) is 7.45. The first-order valence-corrected chi connectivity index (χ1v) is 10.3. The van der Waals surface area contributed by atoms with Gasteiger partial charge in [-0.05, 0) is 48.0 Å². The minimum Gasteiger partial charge on any atom is -0.479 e. The molecule has 3 heterocycles. The van der Waals surface area contributed by atoms with E-state index < -0.39 is 23.6 Å². The second kappa shape index (κ2) is 8.61. The summed E-state index contributed by atoms with van der Waals surface area (Å²) in [6.45, 7) is 3.61. The maximum absolute atomic E-state index is 14.4. The van der Waals surface area contributed by atoms with Gasteiger partial charge in [0.25, 0.3) is 5.95 Å². The van der Waals surface area contributed by atoms with Gasteiger partial charge < -0.3 is 9.47 Å². The highest BCUT2D eigenvalue weighted by molar-refractivity contribution is 9.10. The third-order valence-corrected chi connectivity index (χ3v) is 5.26. The molecule has 0 N–H and O–H groups in total. The van der Waals surface area contributed by atoms with Crippen molar-refractivity contribution in [3.05, 3.63) is 58.0 Å². The summed E-state index contributed by atoms with van der Waals surface area (Å²) in [5.41, 5.74) is 1.08. The molecule has 166 valence electrons. The first kappa shape index (κ1) is 21.8. The number of nitrogens with zero attached hydrogens (tertiary/aromatic N) is 6. The average Bonchev–Trinajstić information content (AvgIpc) is 3.40. The summed E-state index contributed by atoms with van der Waals surface area (Å²) >= 11 is 3.36. The van der Waals surface area contributed by atoms with Crippen molar-refractivity contribution in [2.45, 2.75) is 19.9 Å². The molecule has 0 spiro atoms. The molecular formula is C20H17BrF2N6O3. The van der Waals surface area contributed by atoms with Crippen molar-refractivity contribution in [2.24, 2.45) is 0 Å². The second-order valence-electron chi connectivity index (χ2n) is 6.70. The van der Waals surface area contributed by atoms with Crippen LogP contribution in [0.4, 0.5) is 8.78 Å². The van der Waals surface area contributed by atoms with E-state index in [0.717, 1.165) is 18.2 Å². The number of hydrogen-bond acceptors (Lipinski definition) is 7. The Bertz CT molecular complexity index is 1320. The van der Waals surface area contributed by atoms with Crippen LogP contribution in [0, 0.1) is 11.6 Å². The smallest absolute Gasteiger partial charge is 0.341 e. The van der Waals surface area contributed by atoms with Crippen LogP contribution in [0.15, 0.2) is 35.2 Å². The fourth-order valence-corrected chi connectivity index (χ4v) is 3.66. The number of esters is 1. The van der Waals surface area contributed by atoms with Gasteiger partial charge in [-0.1, -0.05) is 0 Å². The monoisotopic (exact) mass is 506 g/mol. The van der Waals surface area contributed by atoms with Gasteiger partial charge in [0, 0.05) is 11.8 Å². The standard InChI is InChI=1S/C20H17BrF2N6O3/c1-4-32-19(30)11-8-24-28(9-11)20-25-15-16(18(26-20)31-3)29(27-17(15)21)10(2)13-7-12(22)5-6-14(13)23/h5-10H,4H2,1-3H3/t10-/m0/s1. The number of halogens is 3. The van der Waals surface area contributed by atoms with E-state index in [9.17, 15) is 13.6 Å². The zero-order valence-electron chi connectivity index (χ0n) is 17.2. The number of fused-ring (bicyclic) bond motifs is 1. The summed E-state index contributed by atoms with van der Waals surface area (Å²) < 4.78 is 41.6. The van der Waals surface area contributed by atoms with E-state index in [1.165, 1.54) is 28.9 Å². The van der Waals surface area contributed by atoms with Gasteiger partial charge >= 0.3 is 5.97 Å². The van der Waals surface area contributed by atoms with Gasteiger partial charge in [0.15, 0.2) is 10.1 Å². The van der Waals surface area contributed by atoms with Crippen molar-refractivity contribution >= 4 is 32.9 Å². The Labute approximate surface area is 189 Å². The normalized spacial score (nSPS) is 12.2. The summed E-state index contributed by atoms with van der Waals surface area (Å²) in [4.78, 5) is 20.8. The molecule has 0 aliphatic rings. The van der Waals surface area contributed by atoms with Crippen LogP contribution >= 0.6 is 15.9 Å². The summed E-state index contributed by atoms with van der Waals surface area (Å²) in [5, 5.41) is 8.51. The lowest BCUT2D eigenvalue weighted by Crippen LogP contribution is -2.12. The Kier molecular flexibility index (Phi) is 5.87. The van der Waals surface area contributed by atoms with Gasteiger partial charge in [0.2, 0.25) is 5.88 Å². The molecule has 0 radical (unpaired) electrons. The van der Waals surface area contributed by atoms with E-state index in [-0.39, 0.29) is 29.6 Å². The number of rotatable bonds is 6. The van der Waals surface area contributed by atoms with E-state index >= 15 is 0 Å². The lowest BCUT2D eigenvalue weighted by Gasteiger charge is -2.16. The van der Waals surface area contributed by atoms with Crippen molar-refractivity contribution in [1.82, 2.24) is 29.5 Å².